The maximum absolute atomic E-state index is 12.9. The van der Waals surface area contributed by atoms with E-state index in [9.17, 15) is 19.2 Å². The van der Waals surface area contributed by atoms with Gasteiger partial charge in [0.2, 0.25) is 5.91 Å². The second-order valence-corrected chi connectivity index (χ2v) is 9.55. The van der Waals surface area contributed by atoms with Crippen LogP contribution in [-0.2, 0) is 4.79 Å². The predicted molar refractivity (Wildman–Crippen MR) is 138 cm³/mol. The minimum atomic E-state index is -0.569. The zero-order valence-corrected chi connectivity index (χ0v) is 20.2. The number of Topliss-reactive ketones (excluding diaryl/α,β-unsaturated/α-hetero) is 1. The number of oxazole rings is 1. The zero-order valence-electron chi connectivity index (χ0n) is 20.2. The second-order valence-electron chi connectivity index (χ2n) is 9.55. The molecule has 1 aliphatic rings. The number of imidazole rings is 1. The van der Waals surface area contributed by atoms with Gasteiger partial charge in [-0.25, -0.2) is 9.59 Å². The fraction of sp³-hybridized carbons (Fsp3) is 0.296. The Hall–Kier alpha value is -4.47. The van der Waals surface area contributed by atoms with Gasteiger partial charge in [-0.2, -0.15) is 0 Å². The van der Waals surface area contributed by atoms with E-state index in [1.807, 2.05) is 24.3 Å². The van der Waals surface area contributed by atoms with Crippen molar-refractivity contribution in [3.8, 4) is 0 Å². The predicted octanol–water partition coefficient (Wildman–Crippen LogP) is 3.45. The first-order chi connectivity index (χ1) is 17.9. The third kappa shape index (κ3) is 4.04. The standard InChI is InChI=1S/C27H25N5O5/c1-15-12-16(13-22-24(15)30-27(36)37-22)21(33)6-7-23(34)31-10-8-17(9-11-31)32-20-14-28-19-5-3-2-4-18(19)25(20)29-26(32)35/h2-5,12-14,17H,6-11H2,1H3,(H,29,35)(H,30,36). The summed E-state index contributed by atoms with van der Waals surface area (Å²) in [5.41, 5.74) is 4.25. The minimum Gasteiger partial charge on any atom is -0.408 e. The number of aromatic nitrogens is 4. The molecule has 1 fully saturated rings. The van der Waals surface area contributed by atoms with Gasteiger partial charge in [0, 0.05) is 42.9 Å². The molecule has 0 bridgehead atoms. The van der Waals surface area contributed by atoms with Gasteiger partial charge in [-0.3, -0.25) is 24.1 Å². The van der Waals surface area contributed by atoms with E-state index < -0.39 is 5.76 Å². The smallest absolute Gasteiger partial charge is 0.408 e. The molecule has 10 nitrogen and oxygen atoms in total. The highest BCUT2D eigenvalue weighted by Gasteiger charge is 2.27. The van der Waals surface area contributed by atoms with Gasteiger partial charge in [0.1, 0.15) is 0 Å². The summed E-state index contributed by atoms with van der Waals surface area (Å²) in [4.78, 5) is 61.8. The van der Waals surface area contributed by atoms with E-state index in [4.69, 9.17) is 4.42 Å². The molecule has 0 atom stereocenters. The number of pyridine rings is 1. The normalized spacial score (nSPS) is 14.7. The van der Waals surface area contributed by atoms with E-state index in [-0.39, 0.29) is 36.3 Å². The van der Waals surface area contributed by atoms with Gasteiger partial charge in [0.05, 0.1) is 28.3 Å². The number of H-pyrrole nitrogens is 2. The quantitative estimate of drug-likeness (QED) is 0.356. The van der Waals surface area contributed by atoms with Crippen molar-refractivity contribution in [3.63, 3.8) is 0 Å². The molecule has 1 amide bonds. The molecule has 3 aromatic heterocycles. The summed E-state index contributed by atoms with van der Waals surface area (Å²) < 4.78 is 6.85. The van der Waals surface area contributed by atoms with Crippen LogP contribution in [0, 0.1) is 6.92 Å². The van der Waals surface area contributed by atoms with Gasteiger partial charge >= 0.3 is 11.4 Å². The Balaban J connectivity index is 1.11. The maximum atomic E-state index is 12.9. The van der Waals surface area contributed by atoms with Crippen LogP contribution in [0.3, 0.4) is 0 Å². The molecular formula is C27H25N5O5. The Morgan fingerprint density at radius 3 is 2.65 bits per heavy atom. The number of hydrogen-bond donors (Lipinski definition) is 2. The summed E-state index contributed by atoms with van der Waals surface area (Å²) in [6.45, 7) is 2.81. The lowest BCUT2D eigenvalue weighted by molar-refractivity contribution is -0.132. The molecule has 0 spiro atoms. The van der Waals surface area contributed by atoms with Crippen LogP contribution in [0.2, 0.25) is 0 Å². The number of benzene rings is 2. The molecule has 4 heterocycles. The van der Waals surface area contributed by atoms with Crippen LogP contribution in [0.5, 0.6) is 0 Å². The Bertz CT molecular complexity index is 1800. The highest BCUT2D eigenvalue weighted by molar-refractivity contribution is 6.02. The molecule has 6 rings (SSSR count). The number of amides is 1. The van der Waals surface area contributed by atoms with E-state index in [0.717, 1.165) is 27.5 Å². The minimum absolute atomic E-state index is 0.0411. The summed E-state index contributed by atoms with van der Waals surface area (Å²) in [5, 5.41) is 0.904. The van der Waals surface area contributed by atoms with Gasteiger partial charge < -0.3 is 14.3 Å². The number of ketones is 1. The number of fused-ring (bicyclic) bond motifs is 4. The van der Waals surface area contributed by atoms with Crippen molar-refractivity contribution in [2.75, 3.05) is 13.1 Å². The summed E-state index contributed by atoms with van der Waals surface area (Å²) in [7, 11) is 0. The van der Waals surface area contributed by atoms with Crippen molar-refractivity contribution in [1.29, 1.82) is 0 Å². The molecule has 188 valence electrons. The number of likely N-dealkylation sites (tertiary alicyclic amines) is 1. The molecule has 5 aromatic rings. The van der Waals surface area contributed by atoms with Crippen LogP contribution < -0.4 is 11.4 Å². The van der Waals surface area contributed by atoms with Crippen molar-refractivity contribution >= 4 is 44.7 Å². The summed E-state index contributed by atoms with van der Waals surface area (Å²) in [6.07, 6.45) is 3.18. The summed E-state index contributed by atoms with van der Waals surface area (Å²) in [6, 6.07) is 10.9. The first-order valence-electron chi connectivity index (χ1n) is 12.3. The summed E-state index contributed by atoms with van der Waals surface area (Å²) in [5.74, 6) is -0.834. The number of carbonyl (C=O) groups is 2. The van der Waals surface area contributed by atoms with E-state index in [1.54, 1.807) is 28.7 Å². The zero-order chi connectivity index (χ0) is 25.7. The number of aryl methyl sites for hydroxylation is 1. The topological polar surface area (TPSA) is 134 Å². The first kappa shape index (κ1) is 23.0. The second kappa shape index (κ2) is 8.88. The number of rotatable bonds is 5. The van der Waals surface area contributed by atoms with Crippen molar-refractivity contribution in [1.82, 2.24) is 24.4 Å². The van der Waals surface area contributed by atoms with E-state index >= 15 is 0 Å². The van der Waals surface area contributed by atoms with Crippen molar-refractivity contribution in [3.05, 3.63) is 74.8 Å². The molecule has 2 aromatic carbocycles. The largest absolute Gasteiger partial charge is 0.417 e. The van der Waals surface area contributed by atoms with Crippen molar-refractivity contribution in [2.24, 2.45) is 0 Å². The first-order valence-corrected chi connectivity index (χ1v) is 12.3. The number of aromatic amines is 2. The summed E-state index contributed by atoms with van der Waals surface area (Å²) >= 11 is 0. The molecule has 0 unspecified atom stereocenters. The van der Waals surface area contributed by atoms with Crippen LogP contribution >= 0.6 is 0 Å². The number of nitrogens with one attached hydrogen (secondary N) is 2. The average molecular weight is 500 g/mol. The van der Waals surface area contributed by atoms with Crippen molar-refractivity contribution < 1.29 is 14.0 Å². The van der Waals surface area contributed by atoms with Gasteiger partial charge in [-0.1, -0.05) is 18.2 Å². The molecular weight excluding hydrogens is 474 g/mol. The lowest BCUT2D eigenvalue weighted by Gasteiger charge is -2.32. The fourth-order valence-corrected chi connectivity index (χ4v) is 5.36. The number of nitrogens with zero attached hydrogens (tertiary/aromatic N) is 3. The molecule has 1 saturated heterocycles. The Morgan fingerprint density at radius 2 is 1.84 bits per heavy atom. The van der Waals surface area contributed by atoms with Crippen LogP contribution in [-0.4, -0.2) is 49.2 Å². The number of hydrogen-bond acceptors (Lipinski definition) is 6. The molecule has 0 radical (unpaired) electrons. The third-order valence-corrected chi connectivity index (χ3v) is 7.27. The molecule has 2 N–H and O–H groups in total. The molecule has 0 saturated carbocycles. The van der Waals surface area contributed by atoms with Gasteiger partial charge in [0.25, 0.3) is 0 Å². The van der Waals surface area contributed by atoms with Crippen LogP contribution in [0.25, 0.3) is 33.0 Å². The van der Waals surface area contributed by atoms with Gasteiger partial charge in [-0.05, 0) is 43.5 Å². The van der Waals surface area contributed by atoms with E-state index in [0.29, 0.717) is 42.6 Å². The number of para-hydroxylation sites is 1. The monoisotopic (exact) mass is 499 g/mol. The Kier molecular flexibility index (Phi) is 5.51. The van der Waals surface area contributed by atoms with Crippen molar-refractivity contribution in [2.45, 2.75) is 38.6 Å². The third-order valence-electron chi connectivity index (χ3n) is 7.27. The maximum Gasteiger partial charge on any atom is 0.417 e. The molecule has 1 aliphatic heterocycles. The fourth-order valence-electron chi connectivity index (χ4n) is 5.36. The van der Waals surface area contributed by atoms with Crippen LogP contribution in [0.15, 0.2) is 56.6 Å². The van der Waals surface area contributed by atoms with Gasteiger partial charge in [-0.15, -0.1) is 0 Å². The lowest BCUT2D eigenvalue weighted by atomic mass is 10.0. The van der Waals surface area contributed by atoms with Crippen LogP contribution in [0.1, 0.15) is 47.6 Å². The number of carbonyl (C=O) groups excluding carboxylic acids is 2. The molecule has 10 heteroatoms. The SMILES string of the molecule is Cc1cc(C(=O)CCC(=O)N2CCC(n3c(=O)[nH]c4c5ccccc5ncc43)CC2)cc2oc(=O)[nH]c12. The van der Waals surface area contributed by atoms with E-state index in [1.165, 1.54) is 6.07 Å². The average Bonchev–Trinajstić information content (AvgIpc) is 3.46. The molecule has 37 heavy (non-hydrogen) atoms. The lowest BCUT2D eigenvalue weighted by Crippen LogP contribution is -2.40. The number of piperidine rings is 1. The highest BCUT2D eigenvalue weighted by Crippen LogP contribution is 2.28. The van der Waals surface area contributed by atoms with Crippen LogP contribution in [0.4, 0.5) is 0 Å². The van der Waals surface area contributed by atoms with Gasteiger partial charge in [0.15, 0.2) is 11.4 Å². The van der Waals surface area contributed by atoms with E-state index in [2.05, 4.69) is 15.0 Å². The molecule has 0 aliphatic carbocycles. The highest BCUT2D eigenvalue weighted by atomic mass is 16.4. The Labute approximate surface area is 209 Å². The Morgan fingerprint density at radius 1 is 1.05 bits per heavy atom.